The highest BCUT2D eigenvalue weighted by molar-refractivity contribution is 5.85. The molecule has 0 fully saturated rings. The lowest BCUT2D eigenvalue weighted by molar-refractivity contribution is -0.120. The minimum Gasteiger partial charge on any atom is -0.497 e. The summed E-state index contributed by atoms with van der Waals surface area (Å²) < 4.78 is 5.12. The van der Waals surface area contributed by atoms with Crippen LogP contribution >= 0.6 is 12.4 Å². The van der Waals surface area contributed by atoms with Crippen LogP contribution in [0, 0.1) is 0 Å². The molecule has 0 aliphatic heterocycles. The summed E-state index contributed by atoms with van der Waals surface area (Å²) in [4.78, 5) is 11.2. The summed E-state index contributed by atoms with van der Waals surface area (Å²) in [5.74, 6) is 0.616. The highest BCUT2D eigenvalue weighted by atomic mass is 35.5. The zero-order valence-electron chi connectivity index (χ0n) is 12.2. The summed E-state index contributed by atoms with van der Waals surface area (Å²) in [6, 6.07) is 7.87. The molecule has 0 aliphatic rings. The SMILES string of the molecule is CCC[C@@H](NCCCc1ccc(OC)cc1)C(N)=O.Cl. The van der Waals surface area contributed by atoms with Gasteiger partial charge in [-0.05, 0) is 43.5 Å². The molecule has 0 saturated heterocycles. The topological polar surface area (TPSA) is 64.3 Å². The maximum absolute atomic E-state index is 11.2. The van der Waals surface area contributed by atoms with Crippen LogP contribution in [-0.4, -0.2) is 25.6 Å². The number of benzene rings is 1. The van der Waals surface area contributed by atoms with Crippen molar-refractivity contribution in [2.75, 3.05) is 13.7 Å². The minimum absolute atomic E-state index is 0. The van der Waals surface area contributed by atoms with Crippen molar-refractivity contribution in [1.29, 1.82) is 0 Å². The summed E-state index contributed by atoms with van der Waals surface area (Å²) in [5, 5.41) is 3.21. The number of amides is 1. The van der Waals surface area contributed by atoms with E-state index in [0.29, 0.717) is 0 Å². The molecule has 0 spiro atoms. The van der Waals surface area contributed by atoms with E-state index in [0.717, 1.165) is 38.0 Å². The van der Waals surface area contributed by atoms with Gasteiger partial charge < -0.3 is 15.8 Å². The van der Waals surface area contributed by atoms with Crippen molar-refractivity contribution >= 4 is 18.3 Å². The van der Waals surface area contributed by atoms with Gasteiger partial charge in [0.2, 0.25) is 5.91 Å². The lowest BCUT2D eigenvalue weighted by Crippen LogP contribution is -2.41. The second kappa shape index (κ2) is 10.5. The van der Waals surface area contributed by atoms with Crippen LogP contribution < -0.4 is 15.8 Å². The van der Waals surface area contributed by atoms with Crippen LogP contribution in [-0.2, 0) is 11.2 Å². The largest absolute Gasteiger partial charge is 0.497 e. The number of rotatable bonds is 9. The van der Waals surface area contributed by atoms with Crippen LogP contribution in [0.2, 0.25) is 0 Å². The van der Waals surface area contributed by atoms with Gasteiger partial charge in [-0.1, -0.05) is 25.5 Å². The number of hydrogen-bond acceptors (Lipinski definition) is 3. The Labute approximate surface area is 127 Å². The van der Waals surface area contributed by atoms with E-state index >= 15 is 0 Å². The molecule has 1 amide bonds. The predicted molar refractivity (Wildman–Crippen MR) is 84.5 cm³/mol. The van der Waals surface area contributed by atoms with Gasteiger partial charge in [0, 0.05) is 0 Å². The number of methoxy groups -OCH3 is 1. The fourth-order valence-electron chi connectivity index (χ4n) is 1.99. The van der Waals surface area contributed by atoms with E-state index in [1.807, 2.05) is 12.1 Å². The predicted octanol–water partition coefficient (Wildman–Crippen LogP) is 2.29. The van der Waals surface area contributed by atoms with E-state index in [9.17, 15) is 4.79 Å². The highest BCUT2D eigenvalue weighted by Gasteiger charge is 2.12. The third kappa shape index (κ3) is 6.78. The Morgan fingerprint density at radius 3 is 2.50 bits per heavy atom. The summed E-state index contributed by atoms with van der Waals surface area (Å²) in [5.41, 5.74) is 6.60. The molecule has 3 N–H and O–H groups in total. The zero-order valence-corrected chi connectivity index (χ0v) is 13.0. The average molecular weight is 301 g/mol. The standard InChI is InChI=1S/C15H24N2O2.ClH/c1-3-5-14(15(16)18)17-11-4-6-12-7-9-13(19-2)10-8-12;/h7-10,14,17H,3-6,11H2,1-2H3,(H2,16,18);1H/t14-;/m1./s1. The quantitative estimate of drug-likeness (QED) is 0.688. The molecule has 1 aromatic rings. The molecule has 5 heteroatoms. The van der Waals surface area contributed by atoms with Gasteiger partial charge in [0.05, 0.1) is 13.2 Å². The van der Waals surface area contributed by atoms with E-state index in [4.69, 9.17) is 10.5 Å². The molecule has 1 atom stereocenters. The normalized spacial score (nSPS) is 11.5. The van der Waals surface area contributed by atoms with Gasteiger partial charge in [-0.3, -0.25) is 4.79 Å². The van der Waals surface area contributed by atoms with E-state index in [2.05, 4.69) is 24.4 Å². The third-order valence-corrected chi connectivity index (χ3v) is 3.11. The van der Waals surface area contributed by atoms with Crippen molar-refractivity contribution in [3.05, 3.63) is 29.8 Å². The number of ether oxygens (including phenoxy) is 1. The van der Waals surface area contributed by atoms with Gasteiger partial charge in [0.1, 0.15) is 5.75 Å². The molecule has 0 radical (unpaired) electrons. The Kier molecular flexibility index (Phi) is 9.86. The van der Waals surface area contributed by atoms with Gasteiger partial charge in [-0.2, -0.15) is 0 Å². The summed E-state index contributed by atoms with van der Waals surface area (Å²) in [6.45, 7) is 2.86. The smallest absolute Gasteiger partial charge is 0.234 e. The van der Waals surface area contributed by atoms with Gasteiger partial charge in [0.25, 0.3) is 0 Å². The highest BCUT2D eigenvalue weighted by Crippen LogP contribution is 2.12. The molecule has 1 rings (SSSR count). The van der Waals surface area contributed by atoms with Crippen LogP contribution in [0.3, 0.4) is 0 Å². The monoisotopic (exact) mass is 300 g/mol. The zero-order chi connectivity index (χ0) is 14.1. The Morgan fingerprint density at radius 2 is 2.00 bits per heavy atom. The first-order valence-corrected chi connectivity index (χ1v) is 6.83. The maximum atomic E-state index is 11.2. The number of hydrogen-bond donors (Lipinski definition) is 2. The van der Waals surface area contributed by atoms with Gasteiger partial charge in [-0.15, -0.1) is 12.4 Å². The Hall–Kier alpha value is -1.26. The second-order valence-electron chi connectivity index (χ2n) is 4.65. The molecule has 20 heavy (non-hydrogen) atoms. The third-order valence-electron chi connectivity index (χ3n) is 3.11. The van der Waals surface area contributed by atoms with Crippen LogP contribution in [0.15, 0.2) is 24.3 Å². The van der Waals surface area contributed by atoms with Crippen molar-refractivity contribution in [2.45, 2.75) is 38.6 Å². The minimum atomic E-state index is -0.258. The fourth-order valence-corrected chi connectivity index (χ4v) is 1.99. The Balaban J connectivity index is 0.00000361. The first-order chi connectivity index (χ1) is 9.17. The first kappa shape index (κ1) is 18.7. The van der Waals surface area contributed by atoms with Crippen LogP contribution in [0.1, 0.15) is 31.7 Å². The number of halogens is 1. The van der Waals surface area contributed by atoms with Gasteiger partial charge in [0.15, 0.2) is 0 Å². The summed E-state index contributed by atoms with van der Waals surface area (Å²) in [7, 11) is 1.66. The molecule has 4 nitrogen and oxygen atoms in total. The molecule has 0 bridgehead atoms. The van der Waals surface area contributed by atoms with E-state index in [-0.39, 0.29) is 24.4 Å². The number of aryl methyl sites for hydroxylation is 1. The van der Waals surface area contributed by atoms with E-state index in [1.165, 1.54) is 5.56 Å². The summed E-state index contributed by atoms with van der Waals surface area (Å²) in [6.07, 6.45) is 3.73. The second-order valence-corrected chi connectivity index (χ2v) is 4.65. The Bertz CT molecular complexity index is 382. The Morgan fingerprint density at radius 1 is 1.35 bits per heavy atom. The molecule has 0 aromatic heterocycles. The van der Waals surface area contributed by atoms with Crippen molar-refractivity contribution in [3.8, 4) is 5.75 Å². The van der Waals surface area contributed by atoms with Crippen LogP contribution in [0.25, 0.3) is 0 Å². The fraction of sp³-hybridized carbons (Fsp3) is 0.533. The number of nitrogens with two attached hydrogens (primary N) is 1. The van der Waals surface area contributed by atoms with Gasteiger partial charge in [-0.25, -0.2) is 0 Å². The molecule has 0 aliphatic carbocycles. The van der Waals surface area contributed by atoms with Crippen molar-refractivity contribution in [2.24, 2.45) is 5.73 Å². The van der Waals surface area contributed by atoms with Gasteiger partial charge >= 0.3 is 0 Å². The summed E-state index contributed by atoms with van der Waals surface area (Å²) >= 11 is 0. The molecule has 114 valence electrons. The number of primary amides is 1. The number of carbonyl (C=O) groups excluding carboxylic acids is 1. The van der Waals surface area contributed by atoms with Crippen molar-refractivity contribution in [1.82, 2.24) is 5.32 Å². The van der Waals surface area contributed by atoms with E-state index < -0.39 is 0 Å². The van der Waals surface area contributed by atoms with Crippen molar-refractivity contribution in [3.63, 3.8) is 0 Å². The molecule has 0 heterocycles. The maximum Gasteiger partial charge on any atom is 0.234 e. The molecule has 0 saturated carbocycles. The van der Waals surface area contributed by atoms with Crippen LogP contribution in [0.5, 0.6) is 5.75 Å². The first-order valence-electron chi connectivity index (χ1n) is 6.83. The average Bonchev–Trinajstić information content (AvgIpc) is 2.42. The molecular formula is C15H25ClN2O2. The van der Waals surface area contributed by atoms with E-state index in [1.54, 1.807) is 7.11 Å². The van der Waals surface area contributed by atoms with Crippen molar-refractivity contribution < 1.29 is 9.53 Å². The molecule has 1 aromatic carbocycles. The number of nitrogens with one attached hydrogen (secondary N) is 1. The van der Waals surface area contributed by atoms with Crippen LogP contribution in [0.4, 0.5) is 0 Å². The molecular weight excluding hydrogens is 276 g/mol. The number of carbonyl (C=O) groups is 1. The molecule has 0 unspecified atom stereocenters. The lowest BCUT2D eigenvalue weighted by Gasteiger charge is -2.14. The lowest BCUT2D eigenvalue weighted by atomic mass is 10.1.